The van der Waals surface area contributed by atoms with Gasteiger partial charge in [0.1, 0.15) is 0 Å². The van der Waals surface area contributed by atoms with Crippen molar-refractivity contribution in [1.82, 2.24) is 0 Å². The third kappa shape index (κ3) is 4.15. The SMILES string of the molecule is Cc1cc(C)c(B(c2c(C)cc(C)cc2C)[Si](C(C)C)(C(C)C)C(C)C)c(C)c1. The standard InChI is InChI=1S/C27H43BSi/c1-17(2)29(18(3)4,19(5)6)28(26-22(9)13-20(7)14-23(26)10)27-24(11)15-21(8)16-25(27)12/h13-19H,1-12H3. The molecule has 0 saturated heterocycles. The van der Waals surface area contributed by atoms with Crippen LogP contribution in [0.15, 0.2) is 24.3 Å². The monoisotopic (exact) mass is 406 g/mol. The highest BCUT2D eigenvalue weighted by molar-refractivity contribution is 7.44. The van der Waals surface area contributed by atoms with Crippen LogP contribution in [0, 0.1) is 41.5 Å². The molecule has 0 aliphatic heterocycles. The van der Waals surface area contributed by atoms with Crippen LogP contribution < -0.4 is 10.9 Å². The Hall–Kier alpha value is -1.28. The molecule has 0 heterocycles. The fourth-order valence-corrected chi connectivity index (χ4v) is 14.8. The van der Waals surface area contributed by atoms with E-state index in [1.165, 1.54) is 33.4 Å². The molecule has 0 aliphatic rings. The van der Waals surface area contributed by atoms with Crippen molar-refractivity contribution in [3.63, 3.8) is 0 Å². The molecule has 0 aliphatic carbocycles. The van der Waals surface area contributed by atoms with Crippen molar-refractivity contribution in [2.75, 3.05) is 0 Å². The van der Waals surface area contributed by atoms with Gasteiger partial charge in [-0.3, -0.25) is 0 Å². The normalized spacial score (nSPS) is 12.4. The molecule has 29 heavy (non-hydrogen) atoms. The summed E-state index contributed by atoms with van der Waals surface area (Å²) in [5, 5.41) is 0. The molecule has 2 rings (SSSR count). The molecule has 0 bridgehead atoms. The maximum Gasteiger partial charge on any atom is 0.204 e. The average Bonchev–Trinajstić information content (AvgIpc) is 2.51. The Morgan fingerprint density at radius 2 is 0.759 bits per heavy atom. The molecule has 0 radical (unpaired) electrons. The lowest BCUT2D eigenvalue weighted by Gasteiger charge is -2.49. The molecule has 0 aromatic heterocycles. The molecular weight excluding hydrogens is 363 g/mol. The largest absolute Gasteiger partial charge is 0.204 e. The Labute approximate surface area is 182 Å². The van der Waals surface area contributed by atoms with Gasteiger partial charge in [-0.1, -0.05) is 127 Å². The van der Waals surface area contributed by atoms with Gasteiger partial charge < -0.3 is 0 Å². The minimum Gasteiger partial charge on any atom is -0.0713 e. The summed E-state index contributed by atoms with van der Waals surface area (Å²) >= 11 is 0. The third-order valence-corrected chi connectivity index (χ3v) is 15.1. The minimum absolute atomic E-state index is 0.531. The Balaban J connectivity index is 3.07. The van der Waals surface area contributed by atoms with Crippen LogP contribution in [0.2, 0.25) is 16.6 Å². The van der Waals surface area contributed by atoms with Gasteiger partial charge >= 0.3 is 0 Å². The molecule has 2 aromatic carbocycles. The fraction of sp³-hybridized carbons (Fsp3) is 0.556. The highest BCUT2D eigenvalue weighted by atomic mass is 28.3. The van der Waals surface area contributed by atoms with Crippen molar-refractivity contribution in [3.8, 4) is 0 Å². The summed E-state index contributed by atoms with van der Waals surface area (Å²) in [7, 11) is -1.80. The highest BCUT2D eigenvalue weighted by Crippen LogP contribution is 2.44. The highest BCUT2D eigenvalue weighted by Gasteiger charge is 2.53. The molecule has 0 fully saturated rings. The number of hydrogen-bond acceptors (Lipinski definition) is 0. The lowest BCUT2D eigenvalue weighted by molar-refractivity contribution is 0.845. The fourth-order valence-electron chi connectivity index (χ4n) is 6.94. The second kappa shape index (κ2) is 8.84. The Morgan fingerprint density at radius 3 is 0.966 bits per heavy atom. The molecule has 0 saturated carbocycles. The van der Waals surface area contributed by atoms with E-state index in [1.54, 1.807) is 10.9 Å². The first kappa shape index (κ1) is 24.0. The first-order valence-corrected chi connectivity index (χ1v) is 13.8. The molecule has 0 atom stereocenters. The van der Waals surface area contributed by atoms with Gasteiger partial charge in [-0.15, -0.1) is 0 Å². The Morgan fingerprint density at radius 1 is 0.517 bits per heavy atom. The lowest BCUT2D eigenvalue weighted by atomic mass is 9.55. The van der Waals surface area contributed by atoms with E-state index in [-0.39, 0.29) is 0 Å². The van der Waals surface area contributed by atoms with Crippen molar-refractivity contribution in [3.05, 3.63) is 57.6 Å². The van der Waals surface area contributed by atoms with Crippen LogP contribution in [0.3, 0.4) is 0 Å². The van der Waals surface area contributed by atoms with Gasteiger partial charge in [0, 0.05) is 7.94 Å². The maximum atomic E-state index is 2.51. The van der Waals surface area contributed by atoms with Gasteiger partial charge in [-0.25, -0.2) is 0 Å². The summed E-state index contributed by atoms with van der Waals surface area (Å²) in [5.74, 6) is 0. The summed E-state index contributed by atoms with van der Waals surface area (Å²) in [6, 6.07) is 9.64. The van der Waals surface area contributed by atoms with Crippen LogP contribution in [0.4, 0.5) is 0 Å². The van der Waals surface area contributed by atoms with Crippen LogP contribution in [-0.4, -0.2) is 14.2 Å². The Kier molecular flexibility index (Phi) is 7.31. The summed E-state index contributed by atoms with van der Waals surface area (Å²) in [6.45, 7) is 28.9. The van der Waals surface area contributed by atoms with Gasteiger partial charge in [-0.2, -0.15) is 0 Å². The average molecular weight is 407 g/mol. The van der Waals surface area contributed by atoms with E-state index in [2.05, 4.69) is 107 Å². The maximum absolute atomic E-state index is 2.51. The van der Waals surface area contributed by atoms with Gasteiger partial charge in [-0.05, 0) is 41.5 Å². The van der Waals surface area contributed by atoms with E-state index in [9.17, 15) is 0 Å². The molecule has 2 aromatic rings. The van der Waals surface area contributed by atoms with Gasteiger partial charge in [0.2, 0.25) is 6.31 Å². The quantitative estimate of drug-likeness (QED) is 0.458. The van der Waals surface area contributed by atoms with Crippen LogP contribution >= 0.6 is 0 Å². The molecule has 0 N–H and O–H groups in total. The van der Waals surface area contributed by atoms with E-state index in [1.807, 2.05) is 0 Å². The summed E-state index contributed by atoms with van der Waals surface area (Å²) in [4.78, 5) is 0. The van der Waals surface area contributed by atoms with Crippen LogP contribution in [0.5, 0.6) is 0 Å². The first-order valence-electron chi connectivity index (χ1n) is 11.5. The van der Waals surface area contributed by atoms with Crippen LogP contribution in [-0.2, 0) is 0 Å². The molecule has 2 heteroatoms. The number of aryl methyl sites for hydroxylation is 6. The van der Waals surface area contributed by atoms with E-state index >= 15 is 0 Å². The topological polar surface area (TPSA) is 0 Å². The molecule has 0 nitrogen and oxygen atoms in total. The zero-order valence-corrected chi connectivity index (χ0v) is 22.1. The van der Waals surface area contributed by atoms with Crippen molar-refractivity contribution in [1.29, 1.82) is 0 Å². The molecule has 0 amide bonds. The van der Waals surface area contributed by atoms with Crippen molar-refractivity contribution < 1.29 is 0 Å². The first-order chi connectivity index (χ1) is 13.3. The minimum atomic E-state index is -1.80. The summed E-state index contributed by atoms with van der Waals surface area (Å²) in [6.07, 6.45) is 0.531. The zero-order valence-electron chi connectivity index (χ0n) is 21.1. The third-order valence-electron chi connectivity index (χ3n) is 7.55. The molecule has 158 valence electrons. The molecular formula is C27H43BSi. The van der Waals surface area contributed by atoms with Gasteiger partial charge in [0.15, 0.2) is 0 Å². The van der Waals surface area contributed by atoms with Crippen LogP contribution in [0.1, 0.15) is 74.9 Å². The second-order valence-corrected chi connectivity index (χ2v) is 16.6. The lowest BCUT2D eigenvalue weighted by Crippen LogP contribution is -2.70. The van der Waals surface area contributed by atoms with Gasteiger partial charge in [0.25, 0.3) is 0 Å². The second-order valence-electron chi connectivity index (χ2n) is 10.5. The number of rotatable bonds is 6. The number of hydrogen-bond donors (Lipinski definition) is 0. The molecule has 0 spiro atoms. The van der Waals surface area contributed by atoms with Crippen molar-refractivity contribution >= 4 is 25.2 Å². The van der Waals surface area contributed by atoms with E-state index in [0.29, 0.717) is 22.9 Å². The number of benzene rings is 2. The van der Waals surface area contributed by atoms with E-state index < -0.39 is 7.94 Å². The van der Waals surface area contributed by atoms with Crippen molar-refractivity contribution in [2.24, 2.45) is 0 Å². The van der Waals surface area contributed by atoms with Crippen molar-refractivity contribution in [2.45, 2.75) is 99.7 Å². The molecule has 0 unspecified atom stereocenters. The smallest absolute Gasteiger partial charge is 0.0713 e. The van der Waals surface area contributed by atoms with Gasteiger partial charge in [0.05, 0.1) is 0 Å². The Bertz CT molecular complexity index is 751. The summed E-state index contributed by atoms with van der Waals surface area (Å²) in [5.41, 5.74) is 14.1. The van der Waals surface area contributed by atoms with E-state index in [0.717, 1.165) is 0 Å². The predicted octanol–water partition coefficient (Wildman–Crippen LogP) is 6.90. The van der Waals surface area contributed by atoms with E-state index in [4.69, 9.17) is 0 Å². The zero-order chi connectivity index (χ0) is 22.3. The predicted molar refractivity (Wildman–Crippen MR) is 137 cm³/mol. The van der Waals surface area contributed by atoms with Crippen LogP contribution in [0.25, 0.3) is 0 Å². The summed E-state index contributed by atoms with van der Waals surface area (Å²) < 4.78 is 0.